The van der Waals surface area contributed by atoms with Crippen molar-refractivity contribution >= 4 is 29.1 Å². The minimum Gasteiger partial charge on any atom is -0.348 e. The smallest absolute Gasteiger partial charge is 0.264 e. The zero-order valence-corrected chi connectivity index (χ0v) is 14.4. The zero-order valence-electron chi connectivity index (χ0n) is 12.9. The third kappa shape index (κ3) is 4.26. The fourth-order valence-electron chi connectivity index (χ4n) is 2.19. The van der Waals surface area contributed by atoms with Crippen LogP contribution >= 0.6 is 23.2 Å². The highest BCUT2D eigenvalue weighted by molar-refractivity contribution is 6.30. The van der Waals surface area contributed by atoms with Gasteiger partial charge in [0.25, 0.3) is 11.5 Å². The number of hydrogen-bond acceptors (Lipinski definition) is 3. The summed E-state index contributed by atoms with van der Waals surface area (Å²) < 4.78 is 0. The molecule has 0 atom stereocenters. The number of carbonyl (C=O) groups excluding carboxylic acids is 1. The molecule has 1 heterocycles. The van der Waals surface area contributed by atoms with E-state index in [4.69, 9.17) is 23.2 Å². The summed E-state index contributed by atoms with van der Waals surface area (Å²) in [5.41, 5.74) is 1.02. The lowest BCUT2D eigenvalue weighted by atomic mass is 10.2. The molecule has 0 fully saturated rings. The monoisotopic (exact) mass is 373 g/mol. The average Bonchev–Trinajstić information content (AvgIpc) is 2.61. The van der Waals surface area contributed by atoms with Crippen molar-refractivity contribution in [2.75, 3.05) is 0 Å². The molecular formula is C18H13Cl2N3O2. The van der Waals surface area contributed by atoms with Crippen molar-refractivity contribution in [1.82, 2.24) is 15.3 Å². The van der Waals surface area contributed by atoms with Gasteiger partial charge in [-0.2, -0.15) is 0 Å². The number of hydrogen-bond donors (Lipinski definition) is 2. The largest absolute Gasteiger partial charge is 0.348 e. The molecular weight excluding hydrogens is 361 g/mol. The van der Waals surface area contributed by atoms with Crippen LogP contribution in [0.5, 0.6) is 0 Å². The van der Waals surface area contributed by atoms with Gasteiger partial charge in [-0.25, -0.2) is 4.98 Å². The van der Waals surface area contributed by atoms with Gasteiger partial charge in [-0.05, 0) is 42.0 Å². The molecule has 0 unspecified atom stereocenters. The van der Waals surface area contributed by atoms with Crippen molar-refractivity contribution in [3.63, 3.8) is 0 Å². The Balaban J connectivity index is 1.73. The van der Waals surface area contributed by atoms with Crippen LogP contribution in [0.4, 0.5) is 0 Å². The van der Waals surface area contributed by atoms with E-state index in [1.54, 1.807) is 48.5 Å². The fourth-order valence-corrected chi connectivity index (χ4v) is 2.44. The van der Waals surface area contributed by atoms with Gasteiger partial charge >= 0.3 is 0 Å². The molecule has 0 spiro atoms. The van der Waals surface area contributed by atoms with E-state index in [0.29, 0.717) is 21.4 Å². The van der Waals surface area contributed by atoms with Crippen LogP contribution in [0, 0.1) is 0 Å². The van der Waals surface area contributed by atoms with E-state index in [2.05, 4.69) is 15.3 Å². The summed E-state index contributed by atoms with van der Waals surface area (Å²) in [7, 11) is 0. The summed E-state index contributed by atoms with van der Waals surface area (Å²) in [4.78, 5) is 31.1. The molecule has 1 aromatic heterocycles. The van der Waals surface area contributed by atoms with Crippen molar-refractivity contribution in [1.29, 1.82) is 0 Å². The molecule has 25 heavy (non-hydrogen) atoms. The van der Waals surface area contributed by atoms with Gasteiger partial charge in [0.2, 0.25) is 0 Å². The third-order valence-electron chi connectivity index (χ3n) is 3.53. The van der Waals surface area contributed by atoms with Crippen LogP contribution in [0.15, 0.2) is 59.5 Å². The number of H-pyrrole nitrogens is 1. The highest BCUT2D eigenvalue weighted by Gasteiger charge is 2.12. The van der Waals surface area contributed by atoms with E-state index in [9.17, 15) is 9.59 Å². The predicted octanol–water partition coefficient (Wildman–Crippen LogP) is 3.67. The highest BCUT2D eigenvalue weighted by atomic mass is 35.5. The van der Waals surface area contributed by atoms with Crippen molar-refractivity contribution < 1.29 is 4.79 Å². The van der Waals surface area contributed by atoms with Gasteiger partial charge in [-0.1, -0.05) is 35.3 Å². The van der Waals surface area contributed by atoms with Gasteiger partial charge in [0, 0.05) is 28.4 Å². The molecule has 5 nitrogen and oxygen atoms in total. The molecule has 3 aromatic rings. The summed E-state index contributed by atoms with van der Waals surface area (Å²) in [6.45, 7) is 0.286. The quantitative estimate of drug-likeness (QED) is 0.732. The Morgan fingerprint density at radius 2 is 1.60 bits per heavy atom. The minimum atomic E-state index is -0.506. The average molecular weight is 374 g/mol. The molecule has 1 amide bonds. The molecule has 0 radical (unpaired) electrons. The van der Waals surface area contributed by atoms with Gasteiger partial charge in [0.1, 0.15) is 11.4 Å². The van der Waals surface area contributed by atoms with E-state index >= 15 is 0 Å². The first kappa shape index (κ1) is 17.2. The molecule has 3 rings (SSSR count). The molecule has 0 saturated carbocycles. The van der Waals surface area contributed by atoms with Gasteiger partial charge < -0.3 is 10.3 Å². The Kier molecular flexibility index (Phi) is 5.16. The number of benzene rings is 2. The lowest BCUT2D eigenvalue weighted by Gasteiger charge is -2.06. The molecule has 126 valence electrons. The number of carbonyl (C=O) groups is 1. The minimum absolute atomic E-state index is 0.0494. The topological polar surface area (TPSA) is 74.8 Å². The standard InChI is InChI=1S/C18H13Cl2N3O2/c19-13-5-1-11(2-6-13)9-22-17(24)15-10-21-16(23-18(15)25)12-3-7-14(20)8-4-12/h1-8,10H,9H2,(H,22,24)(H,21,23,25). The number of nitrogens with zero attached hydrogens (tertiary/aromatic N) is 1. The van der Waals surface area contributed by atoms with Crippen LogP contribution in [0.3, 0.4) is 0 Å². The summed E-state index contributed by atoms with van der Waals surface area (Å²) in [6, 6.07) is 13.9. The summed E-state index contributed by atoms with van der Waals surface area (Å²) in [5.74, 6) is -0.123. The summed E-state index contributed by atoms with van der Waals surface area (Å²) in [6.07, 6.45) is 1.26. The van der Waals surface area contributed by atoms with Crippen LogP contribution in [-0.4, -0.2) is 15.9 Å². The van der Waals surface area contributed by atoms with E-state index in [0.717, 1.165) is 5.56 Å². The molecule has 0 bridgehead atoms. The molecule has 2 aromatic carbocycles. The van der Waals surface area contributed by atoms with Crippen LogP contribution < -0.4 is 10.9 Å². The first-order valence-electron chi connectivity index (χ1n) is 7.41. The van der Waals surface area contributed by atoms with Crippen molar-refractivity contribution in [2.45, 2.75) is 6.54 Å². The lowest BCUT2D eigenvalue weighted by Crippen LogP contribution is -2.29. The second kappa shape index (κ2) is 7.51. The Labute approximate surface area is 153 Å². The Morgan fingerprint density at radius 3 is 2.20 bits per heavy atom. The van der Waals surface area contributed by atoms with E-state index in [1.165, 1.54) is 6.20 Å². The number of rotatable bonds is 4. The van der Waals surface area contributed by atoms with Crippen LogP contribution in [-0.2, 0) is 6.54 Å². The number of aromatic nitrogens is 2. The first-order valence-corrected chi connectivity index (χ1v) is 8.16. The lowest BCUT2D eigenvalue weighted by molar-refractivity contribution is 0.0949. The summed E-state index contributed by atoms with van der Waals surface area (Å²) in [5, 5.41) is 3.89. The van der Waals surface area contributed by atoms with Gasteiger partial charge in [0.05, 0.1) is 0 Å². The van der Waals surface area contributed by atoms with Gasteiger partial charge in [-0.15, -0.1) is 0 Å². The van der Waals surface area contributed by atoms with Crippen LogP contribution in [0.25, 0.3) is 11.4 Å². The zero-order chi connectivity index (χ0) is 17.8. The Hall–Kier alpha value is -2.63. The second-order valence-corrected chi connectivity index (χ2v) is 6.16. The van der Waals surface area contributed by atoms with E-state index < -0.39 is 11.5 Å². The molecule has 2 N–H and O–H groups in total. The maximum Gasteiger partial charge on any atom is 0.264 e. The number of aromatic amines is 1. The van der Waals surface area contributed by atoms with Gasteiger partial charge in [-0.3, -0.25) is 9.59 Å². The van der Waals surface area contributed by atoms with Crippen molar-refractivity contribution in [2.24, 2.45) is 0 Å². The van der Waals surface area contributed by atoms with Crippen LogP contribution in [0.2, 0.25) is 10.0 Å². The highest BCUT2D eigenvalue weighted by Crippen LogP contribution is 2.16. The molecule has 7 heteroatoms. The maximum atomic E-state index is 12.2. The number of nitrogens with one attached hydrogen (secondary N) is 2. The molecule has 0 saturated heterocycles. The molecule has 0 aliphatic rings. The molecule has 0 aliphatic carbocycles. The third-order valence-corrected chi connectivity index (χ3v) is 4.03. The van der Waals surface area contributed by atoms with Crippen LogP contribution in [0.1, 0.15) is 15.9 Å². The SMILES string of the molecule is O=C(NCc1ccc(Cl)cc1)c1cnc(-c2ccc(Cl)cc2)[nH]c1=O. The van der Waals surface area contributed by atoms with Crippen molar-refractivity contribution in [3.05, 3.63) is 86.3 Å². The number of amides is 1. The van der Waals surface area contributed by atoms with E-state index in [-0.39, 0.29) is 12.1 Å². The maximum absolute atomic E-state index is 12.2. The normalized spacial score (nSPS) is 10.5. The number of halogens is 2. The van der Waals surface area contributed by atoms with Crippen molar-refractivity contribution in [3.8, 4) is 11.4 Å². The van der Waals surface area contributed by atoms with E-state index in [1.807, 2.05) is 0 Å². The predicted molar refractivity (Wildman–Crippen MR) is 97.9 cm³/mol. The summed E-state index contributed by atoms with van der Waals surface area (Å²) >= 11 is 11.7. The van der Waals surface area contributed by atoms with Gasteiger partial charge in [0.15, 0.2) is 0 Å². The first-order chi connectivity index (χ1) is 12.0. The Morgan fingerprint density at radius 1 is 1.00 bits per heavy atom. The Bertz CT molecular complexity index is 951. The molecule has 0 aliphatic heterocycles. The second-order valence-electron chi connectivity index (χ2n) is 5.29. The fraction of sp³-hybridized carbons (Fsp3) is 0.0556.